The molecule has 2 amide bonds. The minimum absolute atomic E-state index is 0.156. The number of halogens is 3. The summed E-state index contributed by atoms with van der Waals surface area (Å²) < 4.78 is 47.2. The zero-order valence-corrected chi connectivity index (χ0v) is 26.0. The number of carbonyl (C=O) groups excluding carboxylic acids is 2. The summed E-state index contributed by atoms with van der Waals surface area (Å²) in [7, 11) is 0. The Bertz CT molecular complexity index is 1270. The Morgan fingerprint density at radius 3 is 2.51 bits per heavy atom. The van der Waals surface area contributed by atoms with Crippen LogP contribution in [0.15, 0.2) is 42.3 Å². The van der Waals surface area contributed by atoms with Gasteiger partial charge in [-0.05, 0) is 76.5 Å². The number of aliphatic carboxylic acids is 1. The van der Waals surface area contributed by atoms with Crippen molar-refractivity contribution >= 4 is 17.8 Å². The Morgan fingerprint density at radius 2 is 1.89 bits per heavy atom. The number of alkyl halides is 3. The van der Waals surface area contributed by atoms with E-state index in [1.165, 1.54) is 11.1 Å². The van der Waals surface area contributed by atoms with Crippen molar-refractivity contribution in [2.45, 2.75) is 102 Å². The van der Waals surface area contributed by atoms with Crippen molar-refractivity contribution in [2.75, 3.05) is 19.6 Å². The lowest BCUT2D eigenvalue weighted by molar-refractivity contribution is -0.144. The van der Waals surface area contributed by atoms with Crippen LogP contribution in [0.1, 0.15) is 94.1 Å². The van der Waals surface area contributed by atoms with Crippen LogP contribution in [0, 0.1) is 11.8 Å². The van der Waals surface area contributed by atoms with E-state index < -0.39 is 52.8 Å². The number of carbonyl (C=O) groups is 3. The second kappa shape index (κ2) is 14.8. The number of allylic oxidation sites excluding steroid dienone is 3. The van der Waals surface area contributed by atoms with Crippen LogP contribution in [0.5, 0.6) is 0 Å². The molecule has 1 saturated carbocycles. The van der Waals surface area contributed by atoms with Crippen LogP contribution in [-0.4, -0.2) is 80.2 Å². The molecule has 248 valence electrons. The van der Waals surface area contributed by atoms with Gasteiger partial charge in [0, 0.05) is 38.3 Å². The molecule has 4 rings (SSSR count). The number of nitrogens with zero attached hydrogens (tertiary/aromatic N) is 3. The van der Waals surface area contributed by atoms with Crippen LogP contribution in [0.2, 0.25) is 0 Å². The van der Waals surface area contributed by atoms with E-state index in [-0.39, 0.29) is 25.0 Å². The first-order valence-corrected chi connectivity index (χ1v) is 15.9. The van der Waals surface area contributed by atoms with Crippen molar-refractivity contribution in [3.05, 3.63) is 53.6 Å². The van der Waals surface area contributed by atoms with Gasteiger partial charge < -0.3 is 24.7 Å². The largest absolute Gasteiger partial charge is 0.495 e. The van der Waals surface area contributed by atoms with Gasteiger partial charge in [-0.15, -0.1) is 0 Å². The molecule has 3 aliphatic rings. The number of rotatable bonds is 10. The highest BCUT2D eigenvalue weighted by Gasteiger charge is 2.44. The summed E-state index contributed by atoms with van der Waals surface area (Å²) >= 11 is 0. The molecule has 12 heteroatoms. The number of ether oxygens (including phenoxy) is 1. The maximum atomic E-state index is 13.9. The van der Waals surface area contributed by atoms with Crippen LogP contribution in [0.3, 0.4) is 0 Å². The van der Waals surface area contributed by atoms with Gasteiger partial charge in [0.1, 0.15) is 5.69 Å². The molecule has 2 saturated heterocycles. The van der Waals surface area contributed by atoms with E-state index in [9.17, 15) is 37.8 Å². The Hall–Kier alpha value is -3.41. The number of hydrogen-bond acceptors (Lipinski definition) is 6. The molecule has 2 N–H and O–H groups in total. The van der Waals surface area contributed by atoms with E-state index in [2.05, 4.69) is 4.98 Å². The molecule has 0 radical (unpaired) electrons. The van der Waals surface area contributed by atoms with Gasteiger partial charge in [-0.1, -0.05) is 25.5 Å². The average Bonchev–Trinajstić information content (AvgIpc) is 3.48. The van der Waals surface area contributed by atoms with Gasteiger partial charge in [-0.3, -0.25) is 19.4 Å². The molecule has 4 unspecified atom stereocenters. The van der Waals surface area contributed by atoms with Crippen molar-refractivity contribution in [3.63, 3.8) is 0 Å². The molecule has 0 bridgehead atoms. The molecule has 45 heavy (non-hydrogen) atoms. The van der Waals surface area contributed by atoms with Crippen molar-refractivity contribution in [3.8, 4) is 0 Å². The fraction of sp³-hybridized carbons (Fsp3) is 0.636. The lowest BCUT2D eigenvalue weighted by Gasteiger charge is -2.44. The quantitative estimate of drug-likeness (QED) is 0.254. The minimum atomic E-state index is -4.74. The SMILES string of the molecule is CC=CC=C(CC1(O)CCN(C(=O)C2CCCN(C(=O)c3ncccc3C(F)(F)F)C2CCC)CC1)OC1CCC(C(=O)O)C1. The van der Waals surface area contributed by atoms with Crippen molar-refractivity contribution < 1.29 is 42.5 Å². The average molecular weight is 636 g/mol. The Labute approximate surface area is 262 Å². The monoisotopic (exact) mass is 635 g/mol. The predicted octanol–water partition coefficient (Wildman–Crippen LogP) is 5.59. The van der Waals surface area contributed by atoms with E-state index in [0.717, 1.165) is 12.1 Å². The van der Waals surface area contributed by atoms with Crippen LogP contribution < -0.4 is 0 Å². The fourth-order valence-corrected chi connectivity index (χ4v) is 6.90. The number of amides is 2. The van der Waals surface area contributed by atoms with Crippen LogP contribution >= 0.6 is 0 Å². The van der Waals surface area contributed by atoms with E-state index in [4.69, 9.17) is 4.74 Å². The van der Waals surface area contributed by atoms with Crippen molar-refractivity contribution in [1.29, 1.82) is 0 Å². The van der Waals surface area contributed by atoms with Crippen LogP contribution in [-0.2, 0) is 20.5 Å². The third-order valence-corrected chi connectivity index (χ3v) is 9.29. The molecular weight excluding hydrogens is 591 g/mol. The maximum Gasteiger partial charge on any atom is 0.418 e. The highest BCUT2D eigenvalue weighted by atomic mass is 19.4. The molecule has 1 aliphatic carbocycles. The van der Waals surface area contributed by atoms with E-state index in [0.29, 0.717) is 76.6 Å². The first-order chi connectivity index (χ1) is 21.4. The van der Waals surface area contributed by atoms with E-state index >= 15 is 0 Å². The summed E-state index contributed by atoms with van der Waals surface area (Å²) in [5.74, 6) is -2.23. The van der Waals surface area contributed by atoms with E-state index in [1.807, 2.05) is 26.0 Å². The molecule has 1 aromatic heterocycles. The van der Waals surface area contributed by atoms with Gasteiger partial charge in [0.15, 0.2) is 0 Å². The van der Waals surface area contributed by atoms with E-state index in [1.54, 1.807) is 11.0 Å². The Morgan fingerprint density at radius 1 is 1.16 bits per heavy atom. The van der Waals surface area contributed by atoms with Gasteiger partial charge in [0.05, 0.1) is 34.9 Å². The normalized spacial score (nSPS) is 25.9. The van der Waals surface area contributed by atoms with Gasteiger partial charge in [0.25, 0.3) is 5.91 Å². The van der Waals surface area contributed by atoms with Crippen molar-refractivity contribution in [2.24, 2.45) is 11.8 Å². The van der Waals surface area contributed by atoms with Gasteiger partial charge >= 0.3 is 12.1 Å². The molecule has 0 aromatic carbocycles. The lowest BCUT2D eigenvalue weighted by atomic mass is 9.83. The number of aromatic nitrogens is 1. The molecule has 2 aliphatic heterocycles. The first-order valence-electron chi connectivity index (χ1n) is 15.9. The molecule has 9 nitrogen and oxygen atoms in total. The fourth-order valence-electron chi connectivity index (χ4n) is 6.90. The molecule has 1 aromatic rings. The highest BCUT2D eigenvalue weighted by molar-refractivity contribution is 5.95. The maximum absolute atomic E-state index is 13.9. The minimum Gasteiger partial charge on any atom is -0.495 e. The lowest BCUT2D eigenvalue weighted by Crippen LogP contribution is -2.56. The number of carboxylic acids is 1. The second-order valence-corrected chi connectivity index (χ2v) is 12.5. The predicted molar refractivity (Wildman–Crippen MR) is 160 cm³/mol. The third kappa shape index (κ3) is 8.45. The summed E-state index contributed by atoms with van der Waals surface area (Å²) in [6.07, 6.45) is 6.17. The summed E-state index contributed by atoms with van der Waals surface area (Å²) in [6.45, 7) is 4.60. The molecule has 3 heterocycles. The van der Waals surface area contributed by atoms with Crippen molar-refractivity contribution in [1.82, 2.24) is 14.8 Å². The molecular formula is C33H44F3N3O6. The third-order valence-electron chi connectivity index (χ3n) is 9.29. The van der Waals surface area contributed by atoms with Gasteiger partial charge in [0.2, 0.25) is 5.91 Å². The van der Waals surface area contributed by atoms with Crippen LogP contribution in [0.25, 0.3) is 0 Å². The zero-order valence-electron chi connectivity index (χ0n) is 26.0. The topological polar surface area (TPSA) is 120 Å². The summed E-state index contributed by atoms with van der Waals surface area (Å²) in [5, 5.41) is 20.8. The van der Waals surface area contributed by atoms with Gasteiger partial charge in [-0.2, -0.15) is 13.2 Å². The summed E-state index contributed by atoms with van der Waals surface area (Å²) in [4.78, 5) is 45.6. The highest BCUT2D eigenvalue weighted by Crippen LogP contribution is 2.37. The summed E-state index contributed by atoms with van der Waals surface area (Å²) in [5.41, 5.74) is -2.86. The number of hydrogen-bond donors (Lipinski definition) is 2. The Balaban J connectivity index is 1.42. The first kappa shape index (κ1) is 34.5. The number of piperidine rings is 2. The van der Waals surface area contributed by atoms with Crippen LogP contribution in [0.4, 0.5) is 13.2 Å². The molecule has 4 atom stereocenters. The second-order valence-electron chi connectivity index (χ2n) is 12.5. The summed E-state index contributed by atoms with van der Waals surface area (Å²) in [6, 6.07) is 1.44. The smallest absolute Gasteiger partial charge is 0.418 e. The number of aliphatic hydroxyl groups is 1. The van der Waals surface area contributed by atoms with Gasteiger partial charge in [-0.25, -0.2) is 0 Å². The molecule has 0 spiro atoms. The standard InChI is InChI=1S/C33H44F3N3O6/c1-3-5-9-24(45-23-13-12-22(20-23)31(42)43)21-32(44)14-18-38(19-15-32)29(40)25-10-7-17-39(27(25)8-4-2)30(41)28-26(33(34,35)36)11-6-16-37-28/h3,5-6,9,11,16,22-23,25,27,44H,4,7-8,10,12-15,17-21H2,1-2H3,(H,42,43). The number of pyridine rings is 1. The zero-order chi connectivity index (χ0) is 32.8. The molecule has 3 fully saturated rings. The number of likely N-dealkylation sites (tertiary alicyclic amines) is 2. The Kier molecular flexibility index (Phi) is 11.3. The number of carboxylic acid groups (broad SMARTS) is 1.